The van der Waals surface area contributed by atoms with Crippen molar-refractivity contribution in [3.63, 3.8) is 0 Å². The van der Waals surface area contributed by atoms with Crippen LogP contribution in [0.3, 0.4) is 0 Å². The standard InChI is InChI=1S/C20H30N2O4/c1-2-3-10-25-19-7-5-4-6-18(19)20(24)21-15-11-16-14-26-17(8-9-23)13-22(16)12-15/h4-7,15-17,23H,2-3,8-14H2,1H3,(H,21,24)/t15-,16-,17-/m0/s1. The number of fused-ring (bicyclic) bond motifs is 1. The van der Waals surface area contributed by atoms with E-state index in [1.54, 1.807) is 0 Å². The molecule has 6 nitrogen and oxygen atoms in total. The zero-order chi connectivity index (χ0) is 18.4. The van der Waals surface area contributed by atoms with Crippen LogP contribution in [0.2, 0.25) is 0 Å². The second-order valence-corrected chi connectivity index (χ2v) is 7.18. The summed E-state index contributed by atoms with van der Waals surface area (Å²) in [6, 6.07) is 7.91. The molecule has 0 aliphatic carbocycles. The smallest absolute Gasteiger partial charge is 0.255 e. The third-order valence-corrected chi connectivity index (χ3v) is 5.16. The quantitative estimate of drug-likeness (QED) is 0.691. The lowest BCUT2D eigenvalue weighted by molar-refractivity contribution is -0.0566. The number of morpholine rings is 1. The molecule has 0 aromatic heterocycles. The monoisotopic (exact) mass is 362 g/mol. The molecule has 3 atom stereocenters. The Morgan fingerprint density at radius 3 is 3.04 bits per heavy atom. The zero-order valence-electron chi connectivity index (χ0n) is 15.5. The highest BCUT2D eigenvalue weighted by molar-refractivity contribution is 5.97. The number of carbonyl (C=O) groups is 1. The maximum Gasteiger partial charge on any atom is 0.255 e. The summed E-state index contributed by atoms with van der Waals surface area (Å²) >= 11 is 0. The first-order valence-corrected chi connectivity index (χ1v) is 9.70. The summed E-state index contributed by atoms with van der Waals surface area (Å²) in [7, 11) is 0. The van der Waals surface area contributed by atoms with Crippen molar-refractivity contribution in [1.29, 1.82) is 0 Å². The van der Waals surface area contributed by atoms with Crippen molar-refractivity contribution >= 4 is 5.91 Å². The number of nitrogens with zero attached hydrogens (tertiary/aromatic N) is 1. The zero-order valence-corrected chi connectivity index (χ0v) is 15.5. The minimum atomic E-state index is -0.0743. The van der Waals surface area contributed by atoms with Gasteiger partial charge in [-0.05, 0) is 31.4 Å². The van der Waals surface area contributed by atoms with Crippen molar-refractivity contribution in [3.8, 4) is 5.75 Å². The average molecular weight is 362 g/mol. The van der Waals surface area contributed by atoms with Gasteiger partial charge in [-0.2, -0.15) is 0 Å². The Labute approximate surface area is 155 Å². The Hall–Kier alpha value is -1.63. The summed E-state index contributed by atoms with van der Waals surface area (Å²) < 4.78 is 11.6. The molecule has 6 heteroatoms. The van der Waals surface area contributed by atoms with Crippen LogP contribution >= 0.6 is 0 Å². The number of hydrogen-bond acceptors (Lipinski definition) is 5. The van der Waals surface area contributed by atoms with Crippen molar-refractivity contribution in [3.05, 3.63) is 29.8 Å². The van der Waals surface area contributed by atoms with Crippen molar-refractivity contribution in [2.45, 2.75) is 50.8 Å². The molecule has 3 rings (SSSR count). The Morgan fingerprint density at radius 2 is 2.23 bits per heavy atom. The first-order chi connectivity index (χ1) is 12.7. The number of hydrogen-bond donors (Lipinski definition) is 2. The third kappa shape index (κ3) is 4.75. The molecule has 2 N–H and O–H groups in total. The summed E-state index contributed by atoms with van der Waals surface area (Å²) in [6.07, 6.45) is 3.70. The van der Waals surface area contributed by atoms with Gasteiger partial charge in [0.2, 0.25) is 0 Å². The number of aliphatic hydroxyl groups is 1. The number of nitrogens with one attached hydrogen (secondary N) is 1. The van der Waals surface area contributed by atoms with Gasteiger partial charge in [0, 0.05) is 31.8 Å². The van der Waals surface area contributed by atoms with E-state index in [9.17, 15) is 4.79 Å². The molecule has 2 aliphatic rings. The number of amides is 1. The van der Waals surface area contributed by atoms with Crippen LogP contribution in [-0.2, 0) is 4.74 Å². The molecule has 144 valence electrons. The highest BCUT2D eigenvalue weighted by atomic mass is 16.5. The van der Waals surface area contributed by atoms with Gasteiger partial charge in [-0.15, -0.1) is 0 Å². The van der Waals surface area contributed by atoms with E-state index in [0.29, 0.717) is 37.0 Å². The molecule has 0 bridgehead atoms. The van der Waals surface area contributed by atoms with Crippen LogP contribution < -0.4 is 10.1 Å². The van der Waals surface area contributed by atoms with E-state index in [-0.39, 0.29) is 24.7 Å². The Bertz CT molecular complexity index is 595. The summed E-state index contributed by atoms with van der Waals surface area (Å²) in [5.74, 6) is 0.579. The summed E-state index contributed by atoms with van der Waals surface area (Å²) in [5.41, 5.74) is 0.600. The predicted octanol–water partition coefficient (Wildman–Crippen LogP) is 1.82. The van der Waals surface area contributed by atoms with Crippen LogP contribution in [0.1, 0.15) is 43.0 Å². The van der Waals surface area contributed by atoms with Gasteiger partial charge < -0.3 is 19.9 Å². The van der Waals surface area contributed by atoms with Gasteiger partial charge in [0.15, 0.2) is 0 Å². The van der Waals surface area contributed by atoms with Gasteiger partial charge >= 0.3 is 0 Å². The highest BCUT2D eigenvalue weighted by Gasteiger charge is 2.37. The van der Waals surface area contributed by atoms with Crippen LogP contribution in [0.25, 0.3) is 0 Å². The summed E-state index contributed by atoms with van der Waals surface area (Å²) in [6.45, 7) is 5.23. The van der Waals surface area contributed by atoms with Crippen LogP contribution in [0, 0.1) is 0 Å². The largest absolute Gasteiger partial charge is 0.493 e. The molecule has 0 radical (unpaired) electrons. The molecule has 1 aromatic carbocycles. The van der Waals surface area contributed by atoms with E-state index in [4.69, 9.17) is 14.6 Å². The lowest BCUT2D eigenvalue weighted by atomic mass is 10.1. The average Bonchev–Trinajstić information content (AvgIpc) is 3.04. The van der Waals surface area contributed by atoms with Crippen LogP contribution in [0.5, 0.6) is 5.75 Å². The van der Waals surface area contributed by atoms with Gasteiger partial charge in [-0.3, -0.25) is 9.69 Å². The summed E-state index contributed by atoms with van der Waals surface area (Å²) in [5, 5.41) is 12.3. The van der Waals surface area contributed by atoms with Crippen molar-refractivity contribution in [2.24, 2.45) is 0 Å². The lowest BCUT2D eigenvalue weighted by Crippen LogP contribution is -2.46. The van der Waals surface area contributed by atoms with E-state index in [0.717, 1.165) is 32.4 Å². The number of ether oxygens (including phenoxy) is 2. The van der Waals surface area contributed by atoms with Crippen molar-refractivity contribution in [1.82, 2.24) is 10.2 Å². The molecule has 0 spiro atoms. The Balaban J connectivity index is 1.56. The number of para-hydroxylation sites is 1. The summed E-state index contributed by atoms with van der Waals surface area (Å²) in [4.78, 5) is 15.1. The number of rotatable bonds is 8. The normalized spacial score (nSPS) is 25.7. The number of carbonyl (C=O) groups excluding carboxylic acids is 1. The number of benzene rings is 1. The molecule has 0 saturated carbocycles. The molecule has 1 aromatic rings. The fourth-order valence-corrected chi connectivity index (χ4v) is 3.74. The van der Waals surface area contributed by atoms with Gasteiger partial charge in [-0.1, -0.05) is 25.5 Å². The maximum absolute atomic E-state index is 12.8. The molecule has 26 heavy (non-hydrogen) atoms. The molecular weight excluding hydrogens is 332 g/mol. The molecule has 2 fully saturated rings. The number of aliphatic hydroxyl groups excluding tert-OH is 1. The van der Waals surface area contributed by atoms with Gasteiger partial charge in [0.05, 0.1) is 24.9 Å². The second-order valence-electron chi connectivity index (χ2n) is 7.18. The van der Waals surface area contributed by atoms with E-state index in [1.165, 1.54) is 0 Å². The minimum Gasteiger partial charge on any atom is -0.493 e. The SMILES string of the molecule is CCCCOc1ccccc1C(=O)N[C@H]1C[C@H]2CO[C@@H](CCO)CN2C1. The van der Waals surface area contributed by atoms with Crippen molar-refractivity contribution < 1.29 is 19.4 Å². The maximum atomic E-state index is 12.8. The third-order valence-electron chi connectivity index (χ3n) is 5.16. The van der Waals surface area contributed by atoms with E-state index >= 15 is 0 Å². The topological polar surface area (TPSA) is 71.0 Å². The van der Waals surface area contributed by atoms with Crippen LogP contribution in [0.15, 0.2) is 24.3 Å². The predicted molar refractivity (Wildman–Crippen MR) is 99.5 cm³/mol. The van der Waals surface area contributed by atoms with Crippen LogP contribution in [-0.4, -0.2) is 67.0 Å². The first kappa shape index (κ1) is 19.1. The Kier molecular flexibility index (Phi) is 6.88. The van der Waals surface area contributed by atoms with Crippen molar-refractivity contribution in [2.75, 3.05) is 32.9 Å². The number of unbranched alkanes of at least 4 members (excludes halogenated alkanes) is 1. The second kappa shape index (κ2) is 9.35. The van der Waals surface area contributed by atoms with Gasteiger partial charge in [0.1, 0.15) is 5.75 Å². The molecule has 2 aliphatic heterocycles. The van der Waals surface area contributed by atoms with E-state index in [2.05, 4.69) is 17.1 Å². The van der Waals surface area contributed by atoms with Crippen LogP contribution in [0.4, 0.5) is 0 Å². The molecule has 2 saturated heterocycles. The fraction of sp³-hybridized carbons (Fsp3) is 0.650. The lowest BCUT2D eigenvalue weighted by Gasteiger charge is -2.34. The highest BCUT2D eigenvalue weighted by Crippen LogP contribution is 2.25. The van der Waals surface area contributed by atoms with Gasteiger partial charge in [-0.25, -0.2) is 0 Å². The molecule has 1 amide bonds. The molecule has 2 heterocycles. The van der Waals surface area contributed by atoms with E-state index < -0.39 is 0 Å². The molecular formula is C20H30N2O4. The molecule has 0 unspecified atom stereocenters. The minimum absolute atomic E-state index is 0.0743. The fourth-order valence-electron chi connectivity index (χ4n) is 3.74. The Morgan fingerprint density at radius 1 is 1.38 bits per heavy atom. The van der Waals surface area contributed by atoms with Gasteiger partial charge in [0.25, 0.3) is 5.91 Å². The van der Waals surface area contributed by atoms with E-state index in [1.807, 2.05) is 24.3 Å². The first-order valence-electron chi connectivity index (χ1n) is 9.70.